The molecule has 1 heterocycles. The molecular weight excluding hydrogens is 264 g/mol. The van der Waals surface area contributed by atoms with E-state index in [2.05, 4.69) is 31.2 Å². The minimum Gasteiger partial charge on any atom is -0.351 e. The van der Waals surface area contributed by atoms with Crippen LogP contribution in [-0.2, 0) is 12.5 Å². The molecule has 3 N–H and O–H groups in total. The lowest BCUT2D eigenvalue weighted by atomic mass is 9.85. The summed E-state index contributed by atoms with van der Waals surface area (Å²) in [4.78, 5) is 11.0. The topological polar surface area (TPSA) is 72.9 Å². The van der Waals surface area contributed by atoms with Crippen LogP contribution in [0.2, 0.25) is 5.02 Å². The van der Waals surface area contributed by atoms with E-state index in [1.165, 1.54) is 0 Å². The maximum absolute atomic E-state index is 11.0. The van der Waals surface area contributed by atoms with Crippen molar-refractivity contribution in [3.63, 3.8) is 0 Å². The first-order valence-electron chi connectivity index (χ1n) is 5.94. The number of halogens is 1. The number of aryl methyl sites for hydroxylation is 1. The number of hydrogen-bond donors (Lipinski definition) is 2. The lowest BCUT2D eigenvalue weighted by Gasteiger charge is -2.20. The van der Waals surface area contributed by atoms with E-state index in [1.807, 2.05) is 19.2 Å². The van der Waals surface area contributed by atoms with Crippen LogP contribution in [0, 0.1) is 0 Å². The van der Waals surface area contributed by atoms with Gasteiger partial charge in [0.2, 0.25) is 0 Å². The number of nitrogens with zero attached hydrogens (tertiary/aromatic N) is 2. The summed E-state index contributed by atoms with van der Waals surface area (Å²) in [5.41, 5.74) is 7.12. The van der Waals surface area contributed by atoms with Crippen LogP contribution in [0.4, 0.5) is 10.6 Å². The molecule has 0 aliphatic carbocycles. The van der Waals surface area contributed by atoms with Gasteiger partial charge in [0.1, 0.15) is 0 Å². The number of aromatic nitrogens is 2. The molecule has 0 saturated carbocycles. The Bertz CT molecular complexity index is 655. The number of primary amides is 1. The third-order valence-electron chi connectivity index (χ3n) is 2.99. The molecule has 0 radical (unpaired) electrons. The molecule has 0 fully saturated rings. The van der Waals surface area contributed by atoms with Gasteiger partial charge in [0.15, 0.2) is 5.82 Å². The maximum Gasteiger partial charge on any atom is 0.317 e. The lowest BCUT2D eigenvalue weighted by Crippen LogP contribution is -2.19. The Kier molecular flexibility index (Phi) is 3.18. The maximum atomic E-state index is 11.0. The van der Waals surface area contributed by atoms with Crippen LogP contribution in [0.3, 0.4) is 0 Å². The zero-order valence-electron chi connectivity index (χ0n) is 11.4. The quantitative estimate of drug-likeness (QED) is 0.843. The summed E-state index contributed by atoms with van der Waals surface area (Å²) in [7, 11) is 1.82. The number of carbonyl (C=O) groups is 1. The molecule has 1 aromatic carbocycles. The van der Waals surface area contributed by atoms with Gasteiger partial charge in [-0.1, -0.05) is 38.4 Å². The van der Waals surface area contributed by atoms with Crippen molar-refractivity contribution in [1.29, 1.82) is 0 Å². The highest BCUT2D eigenvalue weighted by atomic mass is 35.5. The predicted molar refractivity (Wildman–Crippen MR) is 77.6 cm³/mol. The van der Waals surface area contributed by atoms with Crippen molar-refractivity contribution in [3.05, 3.63) is 22.7 Å². The van der Waals surface area contributed by atoms with E-state index in [0.717, 1.165) is 16.5 Å². The Morgan fingerprint density at radius 2 is 2.05 bits per heavy atom. The SMILES string of the molecule is Cn1nc(NC(N)=O)c2c(Cl)ccc(C(C)(C)C)c21. The molecule has 0 atom stereocenters. The van der Waals surface area contributed by atoms with E-state index in [9.17, 15) is 4.79 Å². The molecule has 2 rings (SSSR count). The second-order valence-corrected chi connectivity index (χ2v) is 5.94. The molecule has 0 unspecified atom stereocenters. The average molecular weight is 281 g/mol. The molecule has 5 nitrogen and oxygen atoms in total. The first-order chi connectivity index (χ1) is 8.71. The molecule has 102 valence electrons. The summed E-state index contributed by atoms with van der Waals surface area (Å²) in [6, 6.07) is 3.15. The van der Waals surface area contributed by atoms with Gasteiger partial charge in [-0.3, -0.25) is 10.00 Å². The third-order valence-corrected chi connectivity index (χ3v) is 3.30. The molecule has 2 aromatic rings. The largest absolute Gasteiger partial charge is 0.351 e. The summed E-state index contributed by atoms with van der Waals surface area (Å²) in [6.07, 6.45) is 0. The number of nitrogens with two attached hydrogens (primary N) is 1. The molecule has 0 aliphatic heterocycles. The van der Waals surface area contributed by atoms with Gasteiger partial charge in [0.25, 0.3) is 0 Å². The molecular formula is C13H17ClN4O. The van der Waals surface area contributed by atoms with Gasteiger partial charge in [0.05, 0.1) is 15.9 Å². The number of amides is 2. The summed E-state index contributed by atoms with van der Waals surface area (Å²) in [5, 5.41) is 8.06. The van der Waals surface area contributed by atoms with Crippen LogP contribution >= 0.6 is 11.6 Å². The molecule has 0 aliphatic rings. The fourth-order valence-electron chi connectivity index (χ4n) is 2.19. The minimum absolute atomic E-state index is 0.0549. The Hall–Kier alpha value is -1.75. The Balaban J connectivity index is 2.81. The third kappa shape index (κ3) is 2.38. The highest BCUT2D eigenvalue weighted by Gasteiger charge is 2.23. The monoisotopic (exact) mass is 280 g/mol. The minimum atomic E-state index is -0.655. The van der Waals surface area contributed by atoms with Crippen molar-refractivity contribution in [2.75, 3.05) is 5.32 Å². The fraction of sp³-hybridized carbons (Fsp3) is 0.385. The predicted octanol–water partition coefficient (Wildman–Crippen LogP) is 3.01. The summed E-state index contributed by atoms with van der Waals surface area (Å²) >= 11 is 6.24. The average Bonchev–Trinajstić information content (AvgIpc) is 2.54. The fourth-order valence-corrected chi connectivity index (χ4v) is 2.43. The Labute approximate surface area is 116 Å². The number of rotatable bonds is 1. The van der Waals surface area contributed by atoms with Gasteiger partial charge in [0, 0.05) is 7.05 Å². The van der Waals surface area contributed by atoms with Gasteiger partial charge in [-0.15, -0.1) is 0 Å². The number of fused-ring (bicyclic) bond motifs is 1. The lowest BCUT2D eigenvalue weighted by molar-refractivity contribution is 0.259. The highest BCUT2D eigenvalue weighted by molar-refractivity contribution is 6.36. The number of benzene rings is 1. The van der Waals surface area contributed by atoms with Crippen molar-refractivity contribution >= 4 is 34.4 Å². The van der Waals surface area contributed by atoms with Crippen molar-refractivity contribution in [2.24, 2.45) is 12.8 Å². The highest BCUT2D eigenvalue weighted by Crippen LogP contribution is 2.37. The number of carbonyl (C=O) groups excluding carboxylic acids is 1. The van der Waals surface area contributed by atoms with Gasteiger partial charge < -0.3 is 5.73 Å². The first kappa shape index (κ1) is 13.7. The van der Waals surface area contributed by atoms with Crippen molar-refractivity contribution in [1.82, 2.24) is 9.78 Å². The van der Waals surface area contributed by atoms with Crippen LogP contribution in [0.25, 0.3) is 10.9 Å². The smallest absolute Gasteiger partial charge is 0.317 e. The molecule has 2 amide bonds. The van der Waals surface area contributed by atoms with Crippen LogP contribution < -0.4 is 11.1 Å². The van der Waals surface area contributed by atoms with E-state index in [-0.39, 0.29) is 5.41 Å². The molecule has 19 heavy (non-hydrogen) atoms. The summed E-state index contributed by atoms with van der Waals surface area (Å²) < 4.78 is 1.72. The second-order valence-electron chi connectivity index (χ2n) is 5.53. The van der Waals surface area contributed by atoms with Crippen molar-refractivity contribution in [2.45, 2.75) is 26.2 Å². The second kappa shape index (κ2) is 4.42. The van der Waals surface area contributed by atoms with E-state index < -0.39 is 6.03 Å². The van der Waals surface area contributed by atoms with Crippen molar-refractivity contribution < 1.29 is 4.79 Å². The van der Waals surface area contributed by atoms with Gasteiger partial charge in [-0.2, -0.15) is 5.10 Å². The Morgan fingerprint density at radius 3 is 2.58 bits per heavy atom. The van der Waals surface area contributed by atoms with Gasteiger partial charge >= 0.3 is 6.03 Å². The molecule has 0 spiro atoms. The van der Waals surface area contributed by atoms with Crippen LogP contribution in [0.5, 0.6) is 0 Å². The van der Waals surface area contributed by atoms with E-state index in [0.29, 0.717) is 10.8 Å². The van der Waals surface area contributed by atoms with E-state index >= 15 is 0 Å². The molecule has 1 aromatic heterocycles. The number of nitrogens with one attached hydrogen (secondary N) is 1. The number of urea groups is 1. The normalized spacial score (nSPS) is 11.8. The number of hydrogen-bond acceptors (Lipinski definition) is 2. The zero-order chi connectivity index (χ0) is 14.4. The molecule has 6 heteroatoms. The van der Waals surface area contributed by atoms with E-state index in [1.54, 1.807) is 4.68 Å². The molecule has 0 bridgehead atoms. The van der Waals surface area contributed by atoms with E-state index in [4.69, 9.17) is 17.3 Å². The standard InChI is InChI=1S/C13H17ClN4O/c1-13(2,3)7-5-6-8(14)9-10(7)18(4)17-11(9)16-12(15)19/h5-6H,1-4H3,(H3,15,16,17,19). The van der Waals surface area contributed by atoms with Gasteiger partial charge in [-0.25, -0.2) is 4.79 Å². The van der Waals surface area contributed by atoms with Crippen LogP contribution in [0.15, 0.2) is 12.1 Å². The first-order valence-corrected chi connectivity index (χ1v) is 6.31. The summed E-state index contributed by atoms with van der Waals surface area (Å²) in [6.45, 7) is 6.34. The van der Waals surface area contributed by atoms with Crippen LogP contribution in [0.1, 0.15) is 26.3 Å². The van der Waals surface area contributed by atoms with Crippen LogP contribution in [-0.4, -0.2) is 15.8 Å². The Morgan fingerprint density at radius 1 is 1.42 bits per heavy atom. The number of anilines is 1. The molecule has 0 saturated heterocycles. The van der Waals surface area contributed by atoms with Gasteiger partial charge in [-0.05, 0) is 17.0 Å². The van der Waals surface area contributed by atoms with Crippen molar-refractivity contribution in [3.8, 4) is 0 Å². The summed E-state index contributed by atoms with van der Waals surface area (Å²) in [5.74, 6) is 0.390. The zero-order valence-corrected chi connectivity index (χ0v) is 12.2.